The van der Waals surface area contributed by atoms with Gasteiger partial charge in [-0.1, -0.05) is 28.1 Å². The van der Waals surface area contributed by atoms with E-state index in [1.807, 2.05) is 19.1 Å². The maximum atomic E-state index is 13.0. The van der Waals surface area contributed by atoms with E-state index >= 15 is 0 Å². The lowest BCUT2D eigenvalue weighted by Crippen LogP contribution is -2.32. The molecule has 3 nitrogen and oxygen atoms in total. The number of rotatable bonds is 4. The molecule has 0 fully saturated rings. The molecule has 0 aliphatic carbocycles. The average molecular weight is 401 g/mol. The monoisotopic (exact) mass is 400 g/mol. The first kappa shape index (κ1) is 18.3. The molecule has 2 N–H and O–H groups in total. The van der Waals surface area contributed by atoms with Crippen molar-refractivity contribution < 1.29 is 18.0 Å². The van der Waals surface area contributed by atoms with Crippen molar-refractivity contribution in [1.29, 1.82) is 0 Å². The summed E-state index contributed by atoms with van der Waals surface area (Å²) in [5, 5.41) is 5.31. The first-order valence-electron chi connectivity index (χ1n) is 7.18. The van der Waals surface area contributed by atoms with Crippen LogP contribution in [-0.4, -0.2) is 11.9 Å². The van der Waals surface area contributed by atoms with Gasteiger partial charge < -0.3 is 10.6 Å². The molecule has 128 valence electrons. The van der Waals surface area contributed by atoms with Gasteiger partial charge in [0.1, 0.15) is 6.04 Å². The molecule has 2 aromatic carbocycles. The van der Waals surface area contributed by atoms with Crippen molar-refractivity contribution in [2.24, 2.45) is 0 Å². The predicted molar refractivity (Wildman–Crippen MR) is 92.0 cm³/mol. The van der Waals surface area contributed by atoms with E-state index in [1.54, 1.807) is 13.0 Å². The van der Waals surface area contributed by atoms with Crippen molar-refractivity contribution in [3.8, 4) is 0 Å². The van der Waals surface area contributed by atoms with Gasteiger partial charge in [0.15, 0.2) is 0 Å². The smallest absolute Gasteiger partial charge is 0.374 e. The van der Waals surface area contributed by atoms with Crippen LogP contribution in [0.3, 0.4) is 0 Å². The number of anilines is 2. The highest BCUT2D eigenvalue weighted by Gasteiger charge is 2.33. The van der Waals surface area contributed by atoms with Crippen LogP contribution in [0.4, 0.5) is 24.5 Å². The highest BCUT2D eigenvalue weighted by atomic mass is 79.9. The summed E-state index contributed by atoms with van der Waals surface area (Å²) >= 11 is 3.38. The molecule has 0 spiro atoms. The van der Waals surface area contributed by atoms with Crippen molar-refractivity contribution in [2.75, 3.05) is 10.6 Å². The second-order valence-electron chi connectivity index (χ2n) is 5.36. The molecule has 0 aliphatic rings. The molecule has 7 heteroatoms. The van der Waals surface area contributed by atoms with Crippen LogP contribution < -0.4 is 10.6 Å². The zero-order valence-corrected chi connectivity index (χ0v) is 14.6. The van der Waals surface area contributed by atoms with Crippen molar-refractivity contribution in [3.05, 3.63) is 58.1 Å². The maximum absolute atomic E-state index is 13.0. The van der Waals surface area contributed by atoms with E-state index in [1.165, 1.54) is 18.2 Å². The molecule has 0 saturated heterocycles. The highest BCUT2D eigenvalue weighted by molar-refractivity contribution is 9.10. The van der Waals surface area contributed by atoms with E-state index in [4.69, 9.17) is 0 Å². The Morgan fingerprint density at radius 1 is 1.17 bits per heavy atom. The maximum Gasteiger partial charge on any atom is 0.418 e. The molecule has 1 amide bonds. The van der Waals surface area contributed by atoms with Crippen LogP contribution in [0.2, 0.25) is 0 Å². The van der Waals surface area contributed by atoms with Gasteiger partial charge in [-0.05, 0) is 49.7 Å². The summed E-state index contributed by atoms with van der Waals surface area (Å²) in [5.74, 6) is -0.549. The third kappa shape index (κ3) is 4.50. The lowest BCUT2D eigenvalue weighted by atomic mass is 10.1. The first-order valence-corrected chi connectivity index (χ1v) is 7.97. The summed E-state index contributed by atoms with van der Waals surface area (Å²) in [6.07, 6.45) is -4.52. The normalized spacial score (nSPS) is 12.6. The Morgan fingerprint density at radius 3 is 2.46 bits per heavy atom. The molecular formula is C17H16BrF3N2O. The molecular weight excluding hydrogens is 385 g/mol. The molecule has 0 heterocycles. The van der Waals surface area contributed by atoms with Crippen LogP contribution in [0.15, 0.2) is 46.9 Å². The van der Waals surface area contributed by atoms with Gasteiger partial charge in [0.2, 0.25) is 5.91 Å². The number of alkyl halides is 3. The van der Waals surface area contributed by atoms with Gasteiger partial charge in [0.05, 0.1) is 11.3 Å². The minimum Gasteiger partial charge on any atom is -0.374 e. The standard InChI is InChI=1S/C17H16BrF3N2O/c1-10-9-12(7-8-14(10)18)22-11(2)16(24)23-15-6-4-3-5-13(15)17(19,20)21/h3-9,11,22H,1-2H3,(H,23,24). The van der Waals surface area contributed by atoms with Crippen LogP contribution in [-0.2, 0) is 11.0 Å². The molecule has 2 rings (SSSR count). The lowest BCUT2D eigenvalue weighted by Gasteiger charge is -2.18. The van der Waals surface area contributed by atoms with E-state index in [9.17, 15) is 18.0 Å². The van der Waals surface area contributed by atoms with Crippen molar-refractivity contribution in [2.45, 2.75) is 26.1 Å². The molecule has 0 aliphatic heterocycles. The molecule has 0 radical (unpaired) electrons. The lowest BCUT2D eigenvalue weighted by molar-refractivity contribution is -0.137. The number of hydrogen-bond acceptors (Lipinski definition) is 2. The summed E-state index contributed by atoms with van der Waals surface area (Å²) in [6.45, 7) is 3.49. The van der Waals surface area contributed by atoms with Crippen LogP contribution in [0.1, 0.15) is 18.1 Å². The quantitative estimate of drug-likeness (QED) is 0.738. The summed E-state index contributed by atoms with van der Waals surface area (Å²) in [4.78, 5) is 12.2. The Balaban J connectivity index is 2.11. The Bertz CT molecular complexity index is 747. The Hall–Kier alpha value is -2.02. The van der Waals surface area contributed by atoms with E-state index in [-0.39, 0.29) is 5.69 Å². The van der Waals surface area contributed by atoms with Crippen molar-refractivity contribution in [3.63, 3.8) is 0 Å². The molecule has 0 aromatic heterocycles. The molecule has 24 heavy (non-hydrogen) atoms. The van der Waals surface area contributed by atoms with Gasteiger partial charge in [-0.25, -0.2) is 0 Å². The number of carbonyl (C=O) groups excluding carboxylic acids is 1. The number of carbonyl (C=O) groups is 1. The summed E-state index contributed by atoms with van der Waals surface area (Å²) < 4.78 is 39.8. The van der Waals surface area contributed by atoms with Gasteiger partial charge >= 0.3 is 6.18 Å². The van der Waals surface area contributed by atoms with Gasteiger partial charge in [0.25, 0.3) is 0 Å². The fourth-order valence-corrected chi connectivity index (χ4v) is 2.38. The fraction of sp³-hybridized carbons (Fsp3) is 0.235. The van der Waals surface area contributed by atoms with Crippen LogP contribution in [0.5, 0.6) is 0 Å². The van der Waals surface area contributed by atoms with Gasteiger partial charge in [-0.2, -0.15) is 13.2 Å². The third-order valence-electron chi connectivity index (χ3n) is 3.42. The predicted octanol–water partition coefficient (Wildman–Crippen LogP) is 5.22. The number of para-hydroxylation sites is 1. The second-order valence-corrected chi connectivity index (χ2v) is 6.22. The molecule has 0 saturated carbocycles. The summed E-state index contributed by atoms with van der Waals surface area (Å²) in [7, 11) is 0. The van der Waals surface area contributed by atoms with Crippen molar-refractivity contribution >= 4 is 33.2 Å². The fourth-order valence-electron chi connectivity index (χ4n) is 2.13. The zero-order valence-electron chi connectivity index (χ0n) is 13.0. The van der Waals surface area contributed by atoms with Gasteiger partial charge in [-0.15, -0.1) is 0 Å². The van der Waals surface area contributed by atoms with E-state index in [2.05, 4.69) is 26.6 Å². The van der Waals surface area contributed by atoms with Crippen LogP contribution in [0.25, 0.3) is 0 Å². The average Bonchev–Trinajstić information content (AvgIpc) is 2.50. The molecule has 1 atom stereocenters. The number of amides is 1. The largest absolute Gasteiger partial charge is 0.418 e. The molecule has 1 unspecified atom stereocenters. The highest BCUT2D eigenvalue weighted by Crippen LogP contribution is 2.34. The van der Waals surface area contributed by atoms with Gasteiger partial charge in [0, 0.05) is 10.2 Å². The van der Waals surface area contributed by atoms with Crippen LogP contribution >= 0.6 is 15.9 Å². The third-order valence-corrected chi connectivity index (χ3v) is 4.31. The Morgan fingerprint density at radius 2 is 1.83 bits per heavy atom. The Labute approximate surface area is 146 Å². The second kappa shape index (κ2) is 7.25. The van der Waals surface area contributed by atoms with Crippen molar-refractivity contribution in [1.82, 2.24) is 0 Å². The summed E-state index contributed by atoms with van der Waals surface area (Å²) in [5.41, 5.74) is 0.568. The van der Waals surface area contributed by atoms with E-state index in [0.29, 0.717) is 5.69 Å². The van der Waals surface area contributed by atoms with Gasteiger partial charge in [-0.3, -0.25) is 4.79 Å². The SMILES string of the molecule is Cc1cc(NC(C)C(=O)Nc2ccccc2C(F)(F)F)ccc1Br. The number of hydrogen-bond donors (Lipinski definition) is 2. The topological polar surface area (TPSA) is 41.1 Å². The Kier molecular flexibility index (Phi) is 5.54. The number of benzene rings is 2. The van der Waals surface area contributed by atoms with E-state index < -0.39 is 23.7 Å². The minimum atomic E-state index is -4.52. The minimum absolute atomic E-state index is 0.254. The van der Waals surface area contributed by atoms with E-state index in [0.717, 1.165) is 16.1 Å². The number of nitrogens with one attached hydrogen (secondary N) is 2. The number of aryl methyl sites for hydroxylation is 1. The van der Waals surface area contributed by atoms with Crippen LogP contribution in [0, 0.1) is 6.92 Å². The zero-order chi connectivity index (χ0) is 17.9. The first-order chi connectivity index (χ1) is 11.2. The molecule has 0 bridgehead atoms. The summed E-state index contributed by atoms with van der Waals surface area (Å²) in [6, 6.07) is 9.66. The molecule has 2 aromatic rings. The number of halogens is 4.